The van der Waals surface area contributed by atoms with E-state index in [1.807, 2.05) is 4.68 Å². The van der Waals surface area contributed by atoms with Crippen LogP contribution in [-0.2, 0) is 13.1 Å². The van der Waals surface area contributed by atoms with E-state index in [0.717, 1.165) is 37.8 Å². The molecule has 0 atom stereocenters. The molecule has 112 valence electrons. The second kappa shape index (κ2) is 6.65. The van der Waals surface area contributed by atoms with E-state index in [1.54, 1.807) is 0 Å². The van der Waals surface area contributed by atoms with Gasteiger partial charge in [-0.05, 0) is 32.4 Å². The zero-order valence-electron chi connectivity index (χ0n) is 12.5. The summed E-state index contributed by atoms with van der Waals surface area (Å²) >= 11 is 0. The van der Waals surface area contributed by atoms with Crippen LogP contribution in [0.4, 0.5) is 0 Å². The van der Waals surface area contributed by atoms with E-state index in [1.165, 1.54) is 39.0 Å². The minimum absolute atomic E-state index is 0.852. The third-order valence-corrected chi connectivity index (χ3v) is 4.26. The molecule has 1 N–H and O–H groups in total. The Kier molecular flexibility index (Phi) is 4.65. The van der Waals surface area contributed by atoms with Crippen LogP contribution in [0.15, 0.2) is 6.20 Å². The van der Waals surface area contributed by atoms with Gasteiger partial charge >= 0.3 is 0 Å². The fourth-order valence-corrected chi connectivity index (χ4v) is 2.57. The fourth-order valence-electron chi connectivity index (χ4n) is 2.57. The van der Waals surface area contributed by atoms with Gasteiger partial charge in [-0.15, -0.1) is 5.10 Å². The van der Waals surface area contributed by atoms with E-state index < -0.39 is 0 Å². The Morgan fingerprint density at radius 3 is 2.75 bits per heavy atom. The summed E-state index contributed by atoms with van der Waals surface area (Å²) in [6.07, 6.45) is 4.87. The Hall–Kier alpha value is -0.980. The minimum atomic E-state index is 0.852. The highest BCUT2D eigenvalue weighted by atomic mass is 15.4. The van der Waals surface area contributed by atoms with Crippen LogP contribution >= 0.6 is 0 Å². The third kappa shape index (κ3) is 4.26. The summed E-state index contributed by atoms with van der Waals surface area (Å²) in [4.78, 5) is 4.89. The molecule has 1 aliphatic carbocycles. The molecule has 20 heavy (non-hydrogen) atoms. The van der Waals surface area contributed by atoms with E-state index >= 15 is 0 Å². The molecule has 1 aromatic rings. The van der Waals surface area contributed by atoms with E-state index in [2.05, 4.69) is 38.7 Å². The molecule has 1 saturated heterocycles. The standard InChI is InChI=1S/C14H26N6/c1-18-4-6-19(7-5-18)8-9-20-12-14(16-17-20)11-15-10-13-2-3-13/h12-13,15H,2-11H2,1H3. The normalized spacial score (nSPS) is 21.4. The maximum atomic E-state index is 4.23. The van der Waals surface area contributed by atoms with Crippen molar-refractivity contribution in [3.63, 3.8) is 0 Å². The zero-order chi connectivity index (χ0) is 13.8. The molecule has 0 amide bonds. The molecular formula is C14H26N6. The first-order chi connectivity index (χ1) is 9.79. The number of nitrogens with zero attached hydrogens (tertiary/aromatic N) is 5. The highest BCUT2D eigenvalue weighted by Gasteiger charge is 2.20. The van der Waals surface area contributed by atoms with E-state index in [4.69, 9.17) is 0 Å². The molecule has 0 unspecified atom stereocenters. The number of piperazine rings is 1. The van der Waals surface area contributed by atoms with Gasteiger partial charge in [0.05, 0.1) is 12.2 Å². The molecule has 0 aromatic carbocycles. The molecule has 1 aliphatic heterocycles. The average Bonchev–Trinajstić information content (AvgIpc) is 3.16. The number of hydrogen-bond donors (Lipinski definition) is 1. The quantitative estimate of drug-likeness (QED) is 0.762. The lowest BCUT2D eigenvalue weighted by molar-refractivity contribution is 0.148. The topological polar surface area (TPSA) is 49.2 Å². The van der Waals surface area contributed by atoms with Gasteiger partial charge in [0.15, 0.2) is 0 Å². The molecule has 2 heterocycles. The number of likely N-dealkylation sites (N-methyl/N-ethyl adjacent to an activating group) is 1. The maximum Gasteiger partial charge on any atom is 0.0964 e. The Morgan fingerprint density at radius 1 is 1.20 bits per heavy atom. The van der Waals surface area contributed by atoms with Crippen LogP contribution < -0.4 is 5.32 Å². The smallest absolute Gasteiger partial charge is 0.0964 e. The van der Waals surface area contributed by atoms with Gasteiger partial charge in [-0.1, -0.05) is 5.21 Å². The van der Waals surface area contributed by atoms with Crippen molar-refractivity contribution in [1.29, 1.82) is 0 Å². The van der Waals surface area contributed by atoms with Crippen molar-refractivity contribution < 1.29 is 0 Å². The first-order valence-electron chi connectivity index (χ1n) is 7.80. The first-order valence-corrected chi connectivity index (χ1v) is 7.80. The SMILES string of the molecule is CN1CCN(CCn2cc(CNCC3CC3)nn2)CC1. The second-order valence-corrected chi connectivity index (χ2v) is 6.19. The third-order valence-electron chi connectivity index (χ3n) is 4.26. The molecule has 6 heteroatoms. The van der Waals surface area contributed by atoms with Crippen molar-refractivity contribution in [2.45, 2.75) is 25.9 Å². The van der Waals surface area contributed by atoms with Crippen LogP contribution in [0.3, 0.4) is 0 Å². The van der Waals surface area contributed by atoms with Crippen LogP contribution in [0.25, 0.3) is 0 Å². The summed E-state index contributed by atoms with van der Waals surface area (Å²) in [6, 6.07) is 0. The van der Waals surface area contributed by atoms with Crippen molar-refractivity contribution in [3.8, 4) is 0 Å². The van der Waals surface area contributed by atoms with Crippen LogP contribution in [0, 0.1) is 5.92 Å². The van der Waals surface area contributed by atoms with E-state index in [0.29, 0.717) is 0 Å². The van der Waals surface area contributed by atoms with Crippen LogP contribution in [0.5, 0.6) is 0 Å². The lowest BCUT2D eigenvalue weighted by Gasteiger charge is -2.32. The predicted molar refractivity (Wildman–Crippen MR) is 78.4 cm³/mol. The molecule has 6 nitrogen and oxygen atoms in total. The largest absolute Gasteiger partial charge is 0.311 e. The van der Waals surface area contributed by atoms with Gasteiger partial charge in [0.25, 0.3) is 0 Å². The lowest BCUT2D eigenvalue weighted by atomic mass is 10.3. The lowest BCUT2D eigenvalue weighted by Crippen LogP contribution is -2.45. The van der Waals surface area contributed by atoms with Crippen molar-refractivity contribution in [2.24, 2.45) is 5.92 Å². The van der Waals surface area contributed by atoms with Crippen molar-refractivity contribution >= 4 is 0 Å². The summed E-state index contributed by atoms with van der Waals surface area (Å²) in [5.74, 6) is 0.919. The molecule has 1 saturated carbocycles. The first kappa shape index (κ1) is 14.0. The monoisotopic (exact) mass is 278 g/mol. The van der Waals surface area contributed by atoms with Gasteiger partial charge in [0.1, 0.15) is 0 Å². The predicted octanol–water partition coefficient (Wildman–Crippen LogP) is 0.0251. The van der Waals surface area contributed by atoms with Crippen LogP contribution in [-0.4, -0.2) is 71.1 Å². The minimum Gasteiger partial charge on any atom is -0.311 e. The fraction of sp³-hybridized carbons (Fsp3) is 0.857. The molecule has 3 rings (SSSR count). The Bertz CT molecular complexity index is 406. The molecule has 0 radical (unpaired) electrons. The van der Waals surface area contributed by atoms with Gasteiger partial charge in [-0.3, -0.25) is 9.58 Å². The van der Waals surface area contributed by atoms with Gasteiger partial charge < -0.3 is 10.2 Å². The van der Waals surface area contributed by atoms with Crippen molar-refractivity contribution in [3.05, 3.63) is 11.9 Å². The summed E-state index contributed by atoms with van der Waals surface area (Å²) < 4.78 is 1.98. The van der Waals surface area contributed by atoms with Gasteiger partial charge in [-0.2, -0.15) is 0 Å². The van der Waals surface area contributed by atoms with Crippen LogP contribution in [0.2, 0.25) is 0 Å². The van der Waals surface area contributed by atoms with E-state index in [-0.39, 0.29) is 0 Å². The number of rotatable bonds is 7. The highest BCUT2D eigenvalue weighted by Crippen LogP contribution is 2.27. The van der Waals surface area contributed by atoms with E-state index in [9.17, 15) is 0 Å². The maximum absolute atomic E-state index is 4.23. The number of aromatic nitrogens is 3. The van der Waals surface area contributed by atoms with Gasteiger partial charge in [0, 0.05) is 45.5 Å². The van der Waals surface area contributed by atoms with Gasteiger partial charge in [0.2, 0.25) is 0 Å². The molecule has 2 fully saturated rings. The summed E-state index contributed by atoms with van der Waals surface area (Å²) in [5.41, 5.74) is 1.06. The molecule has 0 bridgehead atoms. The summed E-state index contributed by atoms with van der Waals surface area (Å²) in [6.45, 7) is 8.69. The van der Waals surface area contributed by atoms with Gasteiger partial charge in [-0.25, -0.2) is 0 Å². The molecule has 0 spiro atoms. The Morgan fingerprint density at radius 2 is 2.00 bits per heavy atom. The molecular weight excluding hydrogens is 252 g/mol. The zero-order valence-corrected chi connectivity index (χ0v) is 12.5. The Labute approximate surface area is 121 Å². The average molecular weight is 278 g/mol. The molecule has 2 aliphatic rings. The summed E-state index contributed by atoms with van der Waals surface area (Å²) in [7, 11) is 2.19. The number of hydrogen-bond acceptors (Lipinski definition) is 5. The summed E-state index contributed by atoms with van der Waals surface area (Å²) in [5, 5.41) is 11.9. The van der Waals surface area contributed by atoms with Crippen LogP contribution in [0.1, 0.15) is 18.5 Å². The van der Waals surface area contributed by atoms with Crippen molar-refractivity contribution in [2.75, 3.05) is 46.3 Å². The highest BCUT2D eigenvalue weighted by molar-refractivity contribution is 4.92. The Balaban J connectivity index is 1.35. The number of nitrogens with one attached hydrogen (secondary N) is 1. The molecule has 1 aromatic heterocycles. The second-order valence-electron chi connectivity index (χ2n) is 6.19. The van der Waals surface area contributed by atoms with Crippen molar-refractivity contribution in [1.82, 2.24) is 30.1 Å².